The van der Waals surface area contributed by atoms with Gasteiger partial charge in [0.2, 0.25) is 11.8 Å². The molecule has 0 aromatic heterocycles. The predicted molar refractivity (Wildman–Crippen MR) is 68.8 cm³/mol. The van der Waals surface area contributed by atoms with Crippen molar-refractivity contribution in [2.75, 3.05) is 26.7 Å². The first-order chi connectivity index (χ1) is 8.59. The first kappa shape index (κ1) is 13.3. The Labute approximate surface area is 108 Å². The van der Waals surface area contributed by atoms with Crippen molar-refractivity contribution in [3.8, 4) is 0 Å². The van der Waals surface area contributed by atoms with Crippen molar-refractivity contribution in [1.82, 2.24) is 9.80 Å². The lowest BCUT2D eigenvalue weighted by atomic mass is 9.84. The first-order valence-corrected chi connectivity index (χ1v) is 6.88. The number of carbonyl (C=O) groups is 2. The van der Waals surface area contributed by atoms with Gasteiger partial charge in [-0.2, -0.15) is 0 Å². The van der Waals surface area contributed by atoms with E-state index in [1.165, 1.54) is 0 Å². The van der Waals surface area contributed by atoms with E-state index in [1.807, 2.05) is 0 Å². The van der Waals surface area contributed by atoms with Crippen molar-refractivity contribution >= 4 is 11.8 Å². The van der Waals surface area contributed by atoms with Gasteiger partial charge in [-0.1, -0.05) is 12.8 Å². The maximum atomic E-state index is 12.4. The molecule has 1 saturated carbocycles. The number of hydrogen-bond acceptors (Lipinski definition) is 3. The summed E-state index contributed by atoms with van der Waals surface area (Å²) in [5.74, 6) is 0.0473. The van der Waals surface area contributed by atoms with E-state index in [1.54, 1.807) is 16.8 Å². The van der Waals surface area contributed by atoms with Crippen molar-refractivity contribution in [2.45, 2.75) is 38.1 Å². The summed E-state index contributed by atoms with van der Waals surface area (Å²) in [6.07, 6.45) is 4.85. The van der Waals surface area contributed by atoms with Crippen LogP contribution >= 0.6 is 0 Å². The molecule has 5 nitrogen and oxygen atoms in total. The van der Waals surface area contributed by atoms with Gasteiger partial charge in [0, 0.05) is 26.2 Å². The molecule has 1 aliphatic heterocycles. The molecule has 0 aromatic rings. The molecule has 2 unspecified atom stereocenters. The molecule has 2 aliphatic rings. The quantitative estimate of drug-likeness (QED) is 0.725. The van der Waals surface area contributed by atoms with Crippen molar-refractivity contribution < 1.29 is 9.59 Å². The number of carbonyl (C=O) groups excluding carboxylic acids is 2. The predicted octanol–water partition coefficient (Wildman–Crippen LogP) is 0.195. The first-order valence-electron chi connectivity index (χ1n) is 6.88. The van der Waals surface area contributed by atoms with Gasteiger partial charge in [0.25, 0.3) is 0 Å². The third kappa shape index (κ3) is 2.83. The van der Waals surface area contributed by atoms with Gasteiger partial charge in [0.1, 0.15) is 0 Å². The number of likely N-dealkylation sites (N-methyl/N-ethyl adjacent to an activating group) is 1. The summed E-state index contributed by atoms with van der Waals surface area (Å²) >= 11 is 0. The molecule has 2 N–H and O–H groups in total. The van der Waals surface area contributed by atoms with Crippen molar-refractivity contribution in [1.29, 1.82) is 0 Å². The highest BCUT2D eigenvalue weighted by Gasteiger charge is 2.33. The van der Waals surface area contributed by atoms with Gasteiger partial charge in [-0.05, 0) is 19.3 Å². The molecule has 0 spiro atoms. The molecule has 1 saturated heterocycles. The molecule has 5 heteroatoms. The number of amides is 2. The molecule has 18 heavy (non-hydrogen) atoms. The molecular weight excluding hydrogens is 230 g/mol. The van der Waals surface area contributed by atoms with Crippen LogP contribution in [0.15, 0.2) is 0 Å². The summed E-state index contributed by atoms with van der Waals surface area (Å²) in [6.45, 7) is 1.63. The fraction of sp³-hybridized carbons (Fsp3) is 0.846. The third-order valence-electron chi connectivity index (χ3n) is 4.12. The van der Waals surface area contributed by atoms with E-state index >= 15 is 0 Å². The molecule has 1 heterocycles. The lowest BCUT2D eigenvalue weighted by molar-refractivity contribution is -0.141. The number of hydrogen-bond donors (Lipinski definition) is 1. The van der Waals surface area contributed by atoms with E-state index in [0.29, 0.717) is 6.54 Å². The molecule has 102 valence electrons. The Bertz CT molecular complexity index is 332. The van der Waals surface area contributed by atoms with E-state index in [4.69, 9.17) is 5.73 Å². The van der Waals surface area contributed by atoms with E-state index in [0.717, 1.165) is 38.6 Å². The van der Waals surface area contributed by atoms with E-state index < -0.39 is 0 Å². The molecule has 1 aliphatic carbocycles. The minimum Gasteiger partial charge on any atom is -0.344 e. The topological polar surface area (TPSA) is 66.6 Å². The van der Waals surface area contributed by atoms with Crippen LogP contribution in [0.2, 0.25) is 0 Å². The molecule has 2 atom stereocenters. The Hall–Kier alpha value is -1.10. The molecule has 2 rings (SSSR count). The highest BCUT2D eigenvalue weighted by atomic mass is 16.2. The molecular formula is C13H23N3O2. The maximum absolute atomic E-state index is 12.4. The largest absolute Gasteiger partial charge is 0.344 e. The average molecular weight is 253 g/mol. The minimum atomic E-state index is -0.0741. The lowest BCUT2D eigenvalue weighted by Gasteiger charge is -2.32. The Kier molecular flexibility index (Phi) is 4.22. The lowest BCUT2D eigenvalue weighted by Crippen LogP contribution is -2.47. The Morgan fingerprint density at radius 3 is 2.67 bits per heavy atom. The summed E-state index contributed by atoms with van der Waals surface area (Å²) in [5, 5.41) is 0. The van der Waals surface area contributed by atoms with E-state index in [-0.39, 0.29) is 30.3 Å². The van der Waals surface area contributed by atoms with Gasteiger partial charge in [-0.25, -0.2) is 0 Å². The van der Waals surface area contributed by atoms with Crippen LogP contribution in [0, 0.1) is 5.92 Å². The SMILES string of the molecule is CN1CCCN(C(=O)C2CCCCC2N)CC1=O. The van der Waals surface area contributed by atoms with Crippen LogP contribution in [-0.2, 0) is 9.59 Å². The van der Waals surface area contributed by atoms with E-state index in [9.17, 15) is 9.59 Å². The van der Waals surface area contributed by atoms with Gasteiger partial charge < -0.3 is 15.5 Å². The zero-order chi connectivity index (χ0) is 13.1. The van der Waals surface area contributed by atoms with Crippen LogP contribution in [0.1, 0.15) is 32.1 Å². The van der Waals surface area contributed by atoms with Crippen molar-refractivity contribution in [3.05, 3.63) is 0 Å². The zero-order valence-corrected chi connectivity index (χ0v) is 11.1. The average Bonchev–Trinajstić information content (AvgIpc) is 2.52. The standard InChI is InChI=1S/C13H23N3O2/c1-15-7-4-8-16(9-12(15)17)13(18)10-5-2-3-6-11(10)14/h10-11H,2-9,14H2,1H3. The fourth-order valence-electron chi connectivity index (χ4n) is 2.88. The summed E-state index contributed by atoms with van der Waals surface area (Å²) in [6, 6.07) is -0.0256. The van der Waals surface area contributed by atoms with Gasteiger partial charge in [0.15, 0.2) is 0 Å². The molecule has 2 fully saturated rings. The molecule has 0 aromatic carbocycles. The van der Waals surface area contributed by atoms with Crippen molar-refractivity contribution in [3.63, 3.8) is 0 Å². The van der Waals surface area contributed by atoms with Gasteiger partial charge >= 0.3 is 0 Å². The molecule has 2 amide bonds. The summed E-state index contributed by atoms with van der Waals surface area (Å²) in [7, 11) is 1.79. The van der Waals surface area contributed by atoms with Gasteiger partial charge in [0.05, 0.1) is 12.5 Å². The minimum absolute atomic E-state index is 0.0256. The Morgan fingerprint density at radius 1 is 1.22 bits per heavy atom. The highest BCUT2D eigenvalue weighted by molar-refractivity contribution is 5.86. The Balaban J connectivity index is 2.01. The summed E-state index contributed by atoms with van der Waals surface area (Å²) in [4.78, 5) is 27.7. The van der Waals surface area contributed by atoms with Gasteiger partial charge in [-0.3, -0.25) is 9.59 Å². The number of nitrogens with two attached hydrogens (primary N) is 1. The maximum Gasteiger partial charge on any atom is 0.241 e. The second kappa shape index (κ2) is 5.69. The second-order valence-corrected chi connectivity index (χ2v) is 5.48. The summed E-state index contributed by atoms with van der Waals surface area (Å²) < 4.78 is 0. The fourth-order valence-corrected chi connectivity index (χ4v) is 2.88. The van der Waals surface area contributed by atoms with Crippen molar-refractivity contribution in [2.24, 2.45) is 11.7 Å². The van der Waals surface area contributed by atoms with Crippen LogP contribution in [0.3, 0.4) is 0 Å². The summed E-state index contributed by atoms with van der Waals surface area (Å²) in [5.41, 5.74) is 6.04. The normalized spacial score (nSPS) is 30.2. The number of rotatable bonds is 1. The van der Waals surface area contributed by atoms with Crippen LogP contribution < -0.4 is 5.73 Å². The van der Waals surface area contributed by atoms with Crippen LogP contribution in [-0.4, -0.2) is 54.3 Å². The molecule has 0 bridgehead atoms. The monoisotopic (exact) mass is 253 g/mol. The second-order valence-electron chi connectivity index (χ2n) is 5.48. The smallest absolute Gasteiger partial charge is 0.241 e. The van der Waals surface area contributed by atoms with Crippen LogP contribution in [0.25, 0.3) is 0 Å². The number of nitrogens with zero attached hydrogens (tertiary/aromatic N) is 2. The van der Waals surface area contributed by atoms with Crippen LogP contribution in [0.5, 0.6) is 0 Å². The van der Waals surface area contributed by atoms with E-state index in [2.05, 4.69) is 0 Å². The van der Waals surface area contributed by atoms with Gasteiger partial charge in [-0.15, -0.1) is 0 Å². The third-order valence-corrected chi connectivity index (χ3v) is 4.12. The Morgan fingerprint density at radius 2 is 1.94 bits per heavy atom. The zero-order valence-electron chi connectivity index (χ0n) is 11.1. The van der Waals surface area contributed by atoms with Crippen LogP contribution in [0.4, 0.5) is 0 Å². The highest BCUT2D eigenvalue weighted by Crippen LogP contribution is 2.25. The molecule has 0 radical (unpaired) electrons.